The van der Waals surface area contributed by atoms with E-state index in [0.29, 0.717) is 0 Å². The highest BCUT2D eigenvalue weighted by atomic mass is 16.6. The summed E-state index contributed by atoms with van der Waals surface area (Å²) in [5.41, 5.74) is 1.81. The van der Waals surface area contributed by atoms with Crippen LogP contribution in [0, 0.1) is 0 Å². The summed E-state index contributed by atoms with van der Waals surface area (Å²) in [4.78, 5) is 25.0. The molecule has 0 N–H and O–H groups in total. The zero-order valence-corrected chi connectivity index (χ0v) is 12.6. The van der Waals surface area contributed by atoms with Crippen LogP contribution < -0.4 is 9.64 Å². The molecule has 1 aromatic carbocycles. The van der Waals surface area contributed by atoms with Gasteiger partial charge >= 0.3 is 5.97 Å². The predicted molar refractivity (Wildman–Crippen MR) is 79.3 cm³/mol. The maximum atomic E-state index is 12.2. The van der Waals surface area contributed by atoms with E-state index in [9.17, 15) is 9.59 Å². The number of rotatable bonds is 4. The molecule has 5 nitrogen and oxygen atoms in total. The Labute approximate surface area is 124 Å². The number of nitrogens with zero attached hydrogens (tertiary/aromatic N) is 1. The van der Waals surface area contributed by atoms with Crippen molar-refractivity contribution in [1.82, 2.24) is 0 Å². The fourth-order valence-electron chi connectivity index (χ4n) is 2.33. The number of carbonyl (C=O) groups excluding carboxylic acids is 2. The molecule has 1 amide bonds. The minimum atomic E-state index is -0.737. The number of benzene rings is 1. The van der Waals surface area contributed by atoms with Crippen LogP contribution >= 0.6 is 0 Å². The zero-order valence-electron chi connectivity index (χ0n) is 12.6. The van der Waals surface area contributed by atoms with E-state index in [1.165, 1.54) is 6.92 Å². The number of methoxy groups -OCH3 is 1. The maximum Gasteiger partial charge on any atom is 0.303 e. The third-order valence-electron chi connectivity index (χ3n) is 3.24. The molecule has 0 saturated carbocycles. The standard InChI is InChI=1S/C16H19NO4/c1-10(2)9-14-15(21-11(3)18)16(19)17(14)12-5-7-13(20-4)8-6-12/h5-9,14-15H,1-4H3/t14-,15+/m0/s1. The lowest BCUT2D eigenvalue weighted by atomic mass is 9.94. The second-order valence-corrected chi connectivity index (χ2v) is 5.17. The average molecular weight is 289 g/mol. The number of esters is 1. The van der Waals surface area contributed by atoms with E-state index in [0.717, 1.165) is 17.0 Å². The van der Waals surface area contributed by atoms with E-state index in [1.807, 2.05) is 32.1 Å². The van der Waals surface area contributed by atoms with Gasteiger partial charge in [0.05, 0.1) is 7.11 Å². The molecule has 0 aromatic heterocycles. The first-order chi connectivity index (χ1) is 9.93. The van der Waals surface area contributed by atoms with Crippen molar-refractivity contribution in [2.45, 2.75) is 32.9 Å². The van der Waals surface area contributed by atoms with E-state index in [1.54, 1.807) is 24.1 Å². The molecule has 5 heteroatoms. The molecule has 0 radical (unpaired) electrons. The average Bonchev–Trinajstić information content (AvgIpc) is 2.44. The number of hydrogen-bond donors (Lipinski definition) is 0. The topological polar surface area (TPSA) is 55.8 Å². The molecule has 2 rings (SSSR count). The van der Waals surface area contributed by atoms with Crippen molar-refractivity contribution >= 4 is 17.6 Å². The summed E-state index contributed by atoms with van der Waals surface area (Å²) in [6, 6.07) is 6.95. The number of allylic oxidation sites excluding steroid dienone is 1. The molecule has 0 unspecified atom stereocenters. The molecular formula is C16H19NO4. The smallest absolute Gasteiger partial charge is 0.303 e. The lowest BCUT2D eigenvalue weighted by molar-refractivity contribution is -0.159. The Morgan fingerprint density at radius 1 is 1.19 bits per heavy atom. The molecule has 0 aliphatic carbocycles. The van der Waals surface area contributed by atoms with Gasteiger partial charge in [-0.2, -0.15) is 0 Å². The minimum Gasteiger partial charge on any atom is -0.497 e. The molecule has 1 fully saturated rings. The number of ether oxygens (including phenoxy) is 2. The number of amides is 1. The third kappa shape index (κ3) is 3.07. The van der Waals surface area contributed by atoms with Gasteiger partial charge in [0, 0.05) is 12.6 Å². The van der Waals surface area contributed by atoms with Gasteiger partial charge in [-0.3, -0.25) is 14.5 Å². The Balaban J connectivity index is 2.26. The van der Waals surface area contributed by atoms with Crippen LogP contribution in [0.15, 0.2) is 35.9 Å². The SMILES string of the molecule is COc1ccc(N2C(=O)[C@H](OC(C)=O)[C@@H]2C=C(C)C)cc1. The fraction of sp³-hybridized carbons (Fsp3) is 0.375. The summed E-state index contributed by atoms with van der Waals surface area (Å²) in [6.07, 6.45) is 1.19. The normalized spacial score (nSPS) is 20.6. The summed E-state index contributed by atoms with van der Waals surface area (Å²) in [5, 5.41) is 0. The summed E-state index contributed by atoms with van der Waals surface area (Å²) in [5.74, 6) is 0.0646. The molecule has 1 saturated heterocycles. The Hall–Kier alpha value is -2.30. The van der Waals surface area contributed by atoms with Crippen LogP contribution in [0.4, 0.5) is 5.69 Å². The van der Waals surface area contributed by atoms with E-state index >= 15 is 0 Å². The molecule has 21 heavy (non-hydrogen) atoms. The summed E-state index contributed by atoms with van der Waals surface area (Å²) < 4.78 is 10.2. The highest BCUT2D eigenvalue weighted by molar-refractivity contribution is 6.06. The number of hydrogen-bond acceptors (Lipinski definition) is 4. The van der Waals surface area contributed by atoms with E-state index < -0.39 is 12.1 Å². The Kier molecular flexibility index (Phi) is 4.31. The van der Waals surface area contributed by atoms with Crippen molar-refractivity contribution in [2.75, 3.05) is 12.0 Å². The molecule has 0 spiro atoms. The summed E-state index contributed by atoms with van der Waals surface area (Å²) in [6.45, 7) is 5.20. The van der Waals surface area contributed by atoms with Crippen LogP contribution in [-0.4, -0.2) is 31.1 Å². The van der Waals surface area contributed by atoms with Crippen molar-refractivity contribution in [1.29, 1.82) is 0 Å². The summed E-state index contributed by atoms with van der Waals surface area (Å²) >= 11 is 0. The first-order valence-electron chi connectivity index (χ1n) is 6.73. The van der Waals surface area contributed by atoms with Gasteiger partial charge in [-0.15, -0.1) is 0 Å². The third-order valence-corrected chi connectivity index (χ3v) is 3.24. The van der Waals surface area contributed by atoms with E-state index in [-0.39, 0.29) is 11.9 Å². The van der Waals surface area contributed by atoms with Crippen LogP contribution in [0.2, 0.25) is 0 Å². The first kappa shape index (κ1) is 15.1. The van der Waals surface area contributed by atoms with Crippen LogP contribution in [-0.2, 0) is 14.3 Å². The summed E-state index contributed by atoms with van der Waals surface area (Å²) in [7, 11) is 1.59. The molecule has 1 aromatic rings. The van der Waals surface area contributed by atoms with Crippen molar-refractivity contribution in [3.8, 4) is 5.75 Å². The van der Waals surface area contributed by atoms with Gasteiger partial charge in [-0.1, -0.05) is 11.6 Å². The fourth-order valence-corrected chi connectivity index (χ4v) is 2.33. The highest BCUT2D eigenvalue weighted by Crippen LogP contribution is 2.32. The van der Waals surface area contributed by atoms with E-state index in [4.69, 9.17) is 9.47 Å². The monoisotopic (exact) mass is 289 g/mol. The Morgan fingerprint density at radius 3 is 2.29 bits per heavy atom. The van der Waals surface area contributed by atoms with Crippen LogP contribution in [0.5, 0.6) is 5.75 Å². The quantitative estimate of drug-likeness (QED) is 0.485. The van der Waals surface area contributed by atoms with Crippen LogP contribution in [0.3, 0.4) is 0 Å². The van der Waals surface area contributed by atoms with Crippen LogP contribution in [0.1, 0.15) is 20.8 Å². The van der Waals surface area contributed by atoms with Gasteiger partial charge < -0.3 is 9.47 Å². The van der Waals surface area contributed by atoms with Gasteiger partial charge in [0.2, 0.25) is 6.10 Å². The van der Waals surface area contributed by atoms with Gasteiger partial charge in [0.1, 0.15) is 11.8 Å². The van der Waals surface area contributed by atoms with Gasteiger partial charge in [0.15, 0.2) is 0 Å². The lowest BCUT2D eigenvalue weighted by Gasteiger charge is -2.44. The van der Waals surface area contributed by atoms with Gasteiger partial charge in [-0.25, -0.2) is 0 Å². The zero-order chi connectivity index (χ0) is 15.6. The Morgan fingerprint density at radius 2 is 1.81 bits per heavy atom. The van der Waals surface area contributed by atoms with Crippen molar-refractivity contribution < 1.29 is 19.1 Å². The largest absolute Gasteiger partial charge is 0.497 e. The number of carbonyl (C=O) groups is 2. The molecule has 0 bridgehead atoms. The molecule has 2 atom stereocenters. The molecule has 112 valence electrons. The highest BCUT2D eigenvalue weighted by Gasteiger charge is 2.49. The van der Waals surface area contributed by atoms with Crippen molar-refractivity contribution in [2.24, 2.45) is 0 Å². The first-order valence-corrected chi connectivity index (χ1v) is 6.73. The minimum absolute atomic E-state index is 0.210. The molecule has 1 aliphatic heterocycles. The lowest BCUT2D eigenvalue weighted by Crippen LogP contribution is -2.65. The van der Waals surface area contributed by atoms with Crippen LogP contribution in [0.25, 0.3) is 0 Å². The number of anilines is 1. The van der Waals surface area contributed by atoms with Gasteiger partial charge in [0.25, 0.3) is 5.91 Å². The molecule has 1 heterocycles. The predicted octanol–water partition coefficient (Wildman–Crippen LogP) is 2.31. The second-order valence-electron chi connectivity index (χ2n) is 5.17. The van der Waals surface area contributed by atoms with Crippen molar-refractivity contribution in [3.63, 3.8) is 0 Å². The number of β-lactam (4-membered cyclic amide) rings is 1. The van der Waals surface area contributed by atoms with Gasteiger partial charge in [-0.05, 0) is 38.1 Å². The van der Waals surface area contributed by atoms with E-state index in [2.05, 4.69) is 0 Å². The maximum absolute atomic E-state index is 12.2. The van der Waals surface area contributed by atoms with Crippen molar-refractivity contribution in [3.05, 3.63) is 35.9 Å². The molecule has 1 aliphatic rings. The molecular weight excluding hydrogens is 270 g/mol. The second kappa shape index (κ2) is 5.99. The Bertz CT molecular complexity index is 572.